The number of aryl methyl sites for hydroxylation is 1. The minimum absolute atomic E-state index is 0.0119. The molecule has 58 heavy (non-hydrogen) atoms. The molecule has 0 aliphatic carbocycles. The lowest BCUT2D eigenvalue weighted by atomic mass is 9.99. The number of hydrogen-bond acceptors (Lipinski definition) is 11. The third-order valence-electron chi connectivity index (χ3n) is 10.5. The van der Waals surface area contributed by atoms with Gasteiger partial charge in [0.1, 0.15) is 28.9 Å². The molecule has 7 rings (SSSR count). The zero-order chi connectivity index (χ0) is 41.4. The predicted molar refractivity (Wildman–Crippen MR) is 207 cm³/mol. The predicted octanol–water partition coefficient (Wildman–Crippen LogP) is 3.43. The van der Waals surface area contributed by atoms with Crippen molar-refractivity contribution >= 4 is 69.8 Å². The van der Waals surface area contributed by atoms with Crippen LogP contribution in [0.25, 0.3) is 22.0 Å². The van der Waals surface area contributed by atoms with Crippen molar-refractivity contribution in [3.05, 3.63) is 75.8 Å². The Morgan fingerprint density at radius 1 is 1.02 bits per heavy atom. The van der Waals surface area contributed by atoms with Gasteiger partial charge in [-0.3, -0.25) is 34.2 Å². The van der Waals surface area contributed by atoms with Crippen molar-refractivity contribution in [3.63, 3.8) is 0 Å². The number of fused-ring (bicyclic) bond motifs is 2. The molecule has 1 unspecified atom stereocenters. The first-order valence-electron chi connectivity index (χ1n) is 18.5. The number of imide groups is 2. The molecule has 3 aliphatic rings. The number of benzene rings is 3. The summed E-state index contributed by atoms with van der Waals surface area (Å²) in [6, 6.07) is 8.17. The Hall–Kier alpha value is -6.43. The second kappa shape index (κ2) is 16.2. The number of amides is 7. The van der Waals surface area contributed by atoms with Crippen LogP contribution in [0.15, 0.2) is 42.5 Å². The molecule has 0 radical (unpaired) electrons. The minimum atomic E-state index is -1.08. The van der Waals surface area contributed by atoms with Crippen LogP contribution in [0.1, 0.15) is 52.0 Å². The van der Waals surface area contributed by atoms with Crippen molar-refractivity contribution in [2.75, 3.05) is 56.5 Å². The Morgan fingerprint density at radius 3 is 2.47 bits per heavy atom. The van der Waals surface area contributed by atoms with E-state index in [-0.39, 0.29) is 83.6 Å². The number of nitrogens with one attached hydrogen (secondary N) is 2. The standard InChI is InChI=1S/C39H38ClF2N9O7/c1-48(14-4-6-20-5-2-7-21-29(20)37(57)51(36(21)56)25-10-11-27(53)45-35(25)55)28(54)12-13-44-39-46-33-22(34(47-39)49-15-17-50(18-16-49)38(43)58)19-23(40)30(32(33)42)31-24(41)8-3-9-26(31)52/h2-3,5,7-9,19,25,52H,4,6,10-18H2,1H3,(H2,43,58)(H,44,46,47)(H,45,53,55). The Bertz CT molecular complexity index is 2370. The zero-order valence-corrected chi connectivity index (χ0v) is 31.9. The van der Waals surface area contributed by atoms with Gasteiger partial charge in [-0.25, -0.2) is 18.6 Å². The first-order valence-corrected chi connectivity index (χ1v) is 18.9. The number of phenolic OH excluding ortho intramolecular Hbond substituents is 1. The van der Waals surface area contributed by atoms with Gasteiger partial charge in [-0.15, -0.1) is 0 Å². The van der Waals surface area contributed by atoms with E-state index in [4.69, 9.17) is 17.3 Å². The van der Waals surface area contributed by atoms with Crippen LogP contribution >= 0.6 is 11.6 Å². The van der Waals surface area contributed by atoms with E-state index in [2.05, 4.69) is 20.6 Å². The van der Waals surface area contributed by atoms with Gasteiger partial charge in [0, 0.05) is 70.1 Å². The van der Waals surface area contributed by atoms with Gasteiger partial charge in [0.15, 0.2) is 5.82 Å². The number of hydrogen-bond donors (Lipinski definition) is 4. The smallest absolute Gasteiger partial charge is 0.314 e. The second-order valence-electron chi connectivity index (χ2n) is 14.1. The number of anilines is 2. The van der Waals surface area contributed by atoms with Gasteiger partial charge in [-0.05, 0) is 49.1 Å². The first-order chi connectivity index (χ1) is 27.7. The fourth-order valence-electron chi connectivity index (χ4n) is 7.52. The number of urea groups is 1. The maximum atomic E-state index is 16.4. The highest BCUT2D eigenvalue weighted by atomic mass is 35.5. The lowest BCUT2D eigenvalue weighted by molar-refractivity contribution is -0.136. The normalized spacial score (nSPS) is 16.8. The van der Waals surface area contributed by atoms with Gasteiger partial charge in [0.2, 0.25) is 23.7 Å². The van der Waals surface area contributed by atoms with E-state index in [0.29, 0.717) is 38.0 Å². The van der Waals surface area contributed by atoms with Crippen LogP contribution in [0.2, 0.25) is 5.02 Å². The minimum Gasteiger partial charge on any atom is -0.507 e. The van der Waals surface area contributed by atoms with Crippen LogP contribution in [0.5, 0.6) is 5.75 Å². The number of piperidine rings is 1. The van der Waals surface area contributed by atoms with Crippen LogP contribution in [0.3, 0.4) is 0 Å². The highest BCUT2D eigenvalue weighted by molar-refractivity contribution is 6.34. The van der Waals surface area contributed by atoms with Gasteiger partial charge in [0.25, 0.3) is 11.8 Å². The fraction of sp³-hybridized carbons (Fsp3) is 0.333. The maximum absolute atomic E-state index is 16.4. The van der Waals surface area contributed by atoms with E-state index >= 15 is 4.39 Å². The molecule has 4 aromatic rings. The molecule has 4 heterocycles. The van der Waals surface area contributed by atoms with Crippen LogP contribution in [0.4, 0.5) is 25.3 Å². The summed E-state index contributed by atoms with van der Waals surface area (Å²) in [7, 11) is 1.62. The highest BCUT2D eigenvalue weighted by Crippen LogP contribution is 2.42. The molecular formula is C39H38ClF2N9O7. The van der Waals surface area contributed by atoms with E-state index in [0.717, 1.165) is 11.0 Å². The second-order valence-corrected chi connectivity index (χ2v) is 14.6. The molecule has 0 saturated carbocycles. The summed E-state index contributed by atoms with van der Waals surface area (Å²) in [5.74, 6) is -4.78. The van der Waals surface area contributed by atoms with Gasteiger partial charge >= 0.3 is 6.03 Å². The number of primary amides is 1. The number of aromatic nitrogens is 2. The molecular weight excluding hydrogens is 780 g/mol. The molecule has 2 saturated heterocycles. The van der Waals surface area contributed by atoms with Gasteiger partial charge < -0.3 is 30.9 Å². The Kier molecular flexibility index (Phi) is 11.1. The van der Waals surface area contributed by atoms with E-state index < -0.39 is 64.2 Å². The molecule has 0 bridgehead atoms. The lowest BCUT2D eigenvalue weighted by Gasteiger charge is -2.35. The van der Waals surface area contributed by atoms with Gasteiger partial charge in [0.05, 0.1) is 21.7 Å². The quantitative estimate of drug-likeness (QED) is 0.161. The van der Waals surface area contributed by atoms with Crippen LogP contribution < -0.4 is 21.3 Å². The topological polar surface area (TPSA) is 211 Å². The van der Waals surface area contributed by atoms with Crippen molar-refractivity contribution in [3.8, 4) is 16.9 Å². The summed E-state index contributed by atoms with van der Waals surface area (Å²) in [6.07, 6.45) is 0.831. The third-order valence-corrected chi connectivity index (χ3v) is 10.8. The number of phenols is 1. The van der Waals surface area contributed by atoms with E-state index in [1.165, 1.54) is 34.1 Å². The fourth-order valence-corrected chi connectivity index (χ4v) is 7.81. The van der Waals surface area contributed by atoms with Crippen molar-refractivity contribution in [2.45, 2.75) is 38.1 Å². The van der Waals surface area contributed by atoms with Crippen molar-refractivity contribution in [2.24, 2.45) is 5.73 Å². The Labute approximate surface area is 334 Å². The summed E-state index contributed by atoms with van der Waals surface area (Å²) >= 11 is 6.53. The molecule has 19 heteroatoms. The largest absolute Gasteiger partial charge is 0.507 e. The molecule has 5 N–H and O–H groups in total. The molecule has 3 aromatic carbocycles. The number of halogens is 3. The molecule has 302 valence electrons. The Morgan fingerprint density at radius 2 is 1.76 bits per heavy atom. The van der Waals surface area contributed by atoms with Gasteiger partial charge in [-0.1, -0.05) is 29.8 Å². The molecule has 0 spiro atoms. The summed E-state index contributed by atoms with van der Waals surface area (Å²) in [4.78, 5) is 90.4. The summed E-state index contributed by atoms with van der Waals surface area (Å²) in [5, 5.41) is 15.6. The van der Waals surface area contributed by atoms with E-state index in [1.54, 1.807) is 19.2 Å². The zero-order valence-electron chi connectivity index (χ0n) is 31.2. The monoisotopic (exact) mass is 817 g/mol. The Balaban J connectivity index is 1.03. The summed E-state index contributed by atoms with van der Waals surface area (Å²) in [5.41, 5.74) is 5.39. The molecule has 16 nitrogen and oxygen atoms in total. The number of rotatable bonds is 11. The van der Waals surface area contributed by atoms with Crippen LogP contribution in [-0.2, 0) is 20.8 Å². The van der Waals surface area contributed by atoms with Crippen molar-refractivity contribution in [1.29, 1.82) is 0 Å². The highest BCUT2D eigenvalue weighted by Gasteiger charge is 2.45. The first kappa shape index (κ1) is 39.8. The number of piperazine rings is 1. The summed E-state index contributed by atoms with van der Waals surface area (Å²) in [6.45, 7) is 1.46. The van der Waals surface area contributed by atoms with Crippen molar-refractivity contribution < 1.29 is 42.7 Å². The van der Waals surface area contributed by atoms with E-state index in [9.17, 15) is 38.3 Å². The third kappa shape index (κ3) is 7.54. The van der Waals surface area contributed by atoms with Crippen LogP contribution in [0, 0.1) is 11.6 Å². The average Bonchev–Trinajstić information content (AvgIpc) is 3.44. The SMILES string of the molecule is CN(CCCc1cccc2c1C(=O)N(C1CCC(=O)NC1=O)C2=O)C(=O)CCNc1nc(N2CCN(C(N)=O)CC2)c2cc(Cl)c(-c3c(O)cccc3F)c(F)c2n1. The molecule has 3 aliphatic heterocycles. The number of carbonyl (C=O) groups is 6. The molecule has 1 atom stereocenters. The van der Waals surface area contributed by atoms with Crippen molar-refractivity contribution in [1.82, 2.24) is 30.0 Å². The van der Waals surface area contributed by atoms with E-state index in [1.807, 2.05) is 4.90 Å². The molecule has 1 aromatic heterocycles. The number of aromatic hydroxyl groups is 1. The van der Waals surface area contributed by atoms with Gasteiger partial charge in [-0.2, -0.15) is 4.98 Å². The molecule has 2 fully saturated rings. The lowest BCUT2D eigenvalue weighted by Crippen LogP contribution is -2.54. The maximum Gasteiger partial charge on any atom is 0.314 e. The van der Waals surface area contributed by atoms with Crippen LogP contribution in [-0.4, -0.2) is 118 Å². The molecule has 7 amide bonds. The number of nitrogens with two attached hydrogens (primary N) is 1. The summed E-state index contributed by atoms with van der Waals surface area (Å²) < 4.78 is 31.4. The number of carbonyl (C=O) groups excluding carboxylic acids is 6. The number of nitrogens with zero attached hydrogens (tertiary/aromatic N) is 6. The average molecular weight is 818 g/mol.